The summed E-state index contributed by atoms with van der Waals surface area (Å²) in [5.41, 5.74) is 1.06. The van der Waals surface area contributed by atoms with E-state index in [2.05, 4.69) is 35.1 Å². The highest BCUT2D eigenvalue weighted by Crippen LogP contribution is 2.11. The van der Waals surface area contributed by atoms with Crippen molar-refractivity contribution in [2.75, 3.05) is 13.6 Å². The lowest BCUT2D eigenvalue weighted by Crippen LogP contribution is -2.37. The summed E-state index contributed by atoms with van der Waals surface area (Å²) < 4.78 is 1.01. The number of likely N-dealkylation sites (N-methyl/N-ethyl adjacent to an activating group) is 1. The van der Waals surface area contributed by atoms with Gasteiger partial charge < -0.3 is 10.2 Å². The Kier molecular flexibility index (Phi) is 7.43. The van der Waals surface area contributed by atoms with Crippen molar-refractivity contribution in [3.63, 3.8) is 0 Å². The van der Waals surface area contributed by atoms with Crippen LogP contribution in [0.25, 0.3) is 0 Å². The van der Waals surface area contributed by atoms with E-state index < -0.39 is 0 Å². The highest BCUT2D eigenvalue weighted by molar-refractivity contribution is 9.10. The van der Waals surface area contributed by atoms with Gasteiger partial charge in [-0.1, -0.05) is 41.9 Å². The topological polar surface area (TPSA) is 49.4 Å². The average Bonchev–Trinajstić information content (AvgIpc) is 2.44. The molecular formula is C16H23BrN2O2. The monoisotopic (exact) mass is 354 g/mol. The number of hydrogen-bond acceptors (Lipinski definition) is 2. The minimum atomic E-state index is -0.0872. The van der Waals surface area contributed by atoms with Crippen LogP contribution in [0, 0.1) is 5.92 Å². The fourth-order valence-electron chi connectivity index (χ4n) is 1.77. The Hall–Kier alpha value is -1.36. The third-order valence-electron chi connectivity index (χ3n) is 3.14. The number of nitrogens with one attached hydrogen (secondary N) is 1. The smallest absolute Gasteiger partial charge is 0.242 e. The van der Waals surface area contributed by atoms with E-state index in [1.807, 2.05) is 24.3 Å². The third-order valence-corrected chi connectivity index (χ3v) is 3.67. The van der Waals surface area contributed by atoms with E-state index in [0.29, 0.717) is 18.9 Å². The van der Waals surface area contributed by atoms with E-state index in [1.54, 1.807) is 11.9 Å². The Morgan fingerprint density at radius 3 is 2.43 bits per heavy atom. The second-order valence-electron chi connectivity index (χ2n) is 5.59. The van der Waals surface area contributed by atoms with E-state index >= 15 is 0 Å². The van der Waals surface area contributed by atoms with Crippen LogP contribution in [-0.2, 0) is 16.1 Å². The van der Waals surface area contributed by atoms with Crippen LogP contribution in [0.15, 0.2) is 28.7 Å². The molecule has 5 heteroatoms. The van der Waals surface area contributed by atoms with Gasteiger partial charge in [-0.3, -0.25) is 9.59 Å². The van der Waals surface area contributed by atoms with Gasteiger partial charge in [-0.15, -0.1) is 0 Å². The number of carbonyl (C=O) groups is 2. The molecule has 116 valence electrons. The Morgan fingerprint density at radius 1 is 1.24 bits per heavy atom. The number of benzene rings is 1. The van der Waals surface area contributed by atoms with Crippen molar-refractivity contribution in [3.05, 3.63) is 34.3 Å². The quantitative estimate of drug-likeness (QED) is 0.818. The maximum atomic E-state index is 12.0. The first-order valence-corrected chi connectivity index (χ1v) is 7.93. The lowest BCUT2D eigenvalue weighted by atomic mass is 10.1. The molecule has 0 aromatic heterocycles. The van der Waals surface area contributed by atoms with Crippen LogP contribution in [0.5, 0.6) is 0 Å². The maximum Gasteiger partial charge on any atom is 0.242 e. The van der Waals surface area contributed by atoms with Crippen LogP contribution in [0.4, 0.5) is 0 Å². The second-order valence-corrected chi connectivity index (χ2v) is 6.50. The Labute approximate surface area is 135 Å². The molecule has 4 nitrogen and oxygen atoms in total. The summed E-state index contributed by atoms with van der Waals surface area (Å²) in [5, 5.41) is 2.68. The summed E-state index contributed by atoms with van der Waals surface area (Å²) in [5.74, 6) is 0.344. The summed E-state index contributed by atoms with van der Waals surface area (Å²) in [6.07, 6.45) is 1.32. The van der Waals surface area contributed by atoms with Crippen LogP contribution in [-0.4, -0.2) is 30.3 Å². The van der Waals surface area contributed by atoms with Crippen LogP contribution in [0.2, 0.25) is 0 Å². The Morgan fingerprint density at radius 2 is 1.86 bits per heavy atom. The number of nitrogens with zero attached hydrogens (tertiary/aromatic N) is 1. The van der Waals surface area contributed by atoms with E-state index in [-0.39, 0.29) is 18.4 Å². The van der Waals surface area contributed by atoms with Crippen molar-refractivity contribution >= 4 is 27.7 Å². The molecule has 0 unspecified atom stereocenters. The van der Waals surface area contributed by atoms with E-state index in [4.69, 9.17) is 0 Å². The molecule has 1 N–H and O–H groups in total. The molecule has 2 amide bonds. The molecule has 0 spiro atoms. The minimum absolute atomic E-state index is 0.0595. The SMILES string of the molecule is CC(C)CCC(=O)NCC(=O)N(C)Cc1ccc(Br)cc1. The molecule has 0 atom stereocenters. The molecule has 1 aromatic rings. The highest BCUT2D eigenvalue weighted by Gasteiger charge is 2.11. The number of rotatable bonds is 7. The van der Waals surface area contributed by atoms with Crippen molar-refractivity contribution in [2.45, 2.75) is 33.2 Å². The second kappa shape index (κ2) is 8.82. The van der Waals surface area contributed by atoms with Crippen LogP contribution in [0.3, 0.4) is 0 Å². The normalized spacial score (nSPS) is 10.5. The highest BCUT2D eigenvalue weighted by atomic mass is 79.9. The van der Waals surface area contributed by atoms with E-state index in [1.165, 1.54) is 0 Å². The number of halogens is 1. The molecule has 0 bridgehead atoms. The van der Waals surface area contributed by atoms with Gasteiger partial charge in [-0.2, -0.15) is 0 Å². The predicted molar refractivity (Wildman–Crippen MR) is 87.7 cm³/mol. The zero-order chi connectivity index (χ0) is 15.8. The third kappa shape index (κ3) is 7.27. The summed E-state index contributed by atoms with van der Waals surface area (Å²) in [4.78, 5) is 25.2. The largest absolute Gasteiger partial charge is 0.347 e. The zero-order valence-electron chi connectivity index (χ0n) is 12.9. The molecule has 0 saturated heterocycles. The summed E-state index contributed by atoms with van der Waals surface area (Å²) in [7, 11) is 1.74. The van der Waals surface area contributed by atoms with Crippen LogP contribution in [0.1, 0.15) is 32.3 Å². The van der Waals surface area contributed by atoms with Crippen molar-refractivity contribution in [1.29, 1.82) is 0 Å². The lowest BCUT2D eigenvalue weighted by Gasteiger charge is -2.17. The first-order valence-electron chi connectivity index (χ1n) is 7.13. The molecule has 0 aliphatic rings. The van der Waals surface area contributed by atoms with Gasteiger partial charge in [-0.05, 0) is 30.0 Å². The van der Waals surface area contributed by atoms with Gasteiger partial charge in [0.2, 0.25) is 11.8 Å². The molecule has 0 heterocycles. The standard InChI is InChI=1S/C16H23BrN2O2/c1-12(2)4-9-15(20)18-10-16(21)19(3)11-13-5-7-14(17)8-6-13/h5-8,12H,4,9-11H2,1-3H3,(H,18,20). The maximum absolute atomic E-state index is 12.0. The van der Waals surface area contributed by atoms with Gasteiger partial charge in [0, 0.05) is 24.5 Å². The minimum Gasteiger partial charge on any atom is -0.347 e. The summed E-state index contributed by atoms with van der Waals surface area (Å²) in [6.45, 7) is 4.74. The van der Waals surface area contributed by atoms with E-state index in [0.717, 1.165) is 16.5 Å². The first kappa shape index (κ1) is 17.7. The predicted octanol–water partition coefficient (Wildman–Crippen LogP) is 2.96. The molecule has 1 aromatic carbocycles. The van der Waals surface area contributed by atoms with Gasteiger partial charge >= 0.3 is 0 Å². The van der Waals surface area contributed by atoms with Crippen LogP contribution < -0.4 is 5.32 Å². The Bertz CT molecular complexity index is 472. The molecular weight excluding hydrogens is 332 g/mol. The van der Waals surface area contributed by atoms with Crippen molar-refractivity contribution in [2.24, 2.45) is 5.92 Å². The number of carbonyl (C=O) groups excluding carboxylic acids is 2. The van der Waals surface area contributed by atoms with Crippen molar-refractivity contribution in [1.82, 2.24) is 10.2 Å². The molecule has 1 rings (SSSR count). The molecule has 0 aliphatic carbocycles. The average molecular weight is 355 g/mol. The first-order chi connectivity index (χ1) is 9.88. The fourth-order valence-corrected chi connectivity index (χ4v) is 2.03. The Balaban J connectivity index is 2.34. The van der Waals surface area contributed by atoms with E-state index in [9.17, 15) is 9.59 Å². The molecule has 0 saturated carbocycles. The summed E-state index contributed by atoms with van der Waals surface area (Å²) in [6, 6.07) is 7.83. The van der Waals surface area contributed by atoms with Crippen LogP contribution >= 0.6 is 15.9 Å². The van der Waals surface area contributed by atoms with Gasteiger partial charge in [-0.25, -0.2) is 0 Å². The molecule has 0 radical (unpaired) electrons. The molecule has 21 heavy (non-hydrogen) atoms. The van der Waals surface area contributed by atoms with Crippen molar-refractivity contribution in [3.8, 4) is 0 Å². The van der Waals surface area contributed by atoms with Gasteiger partial charge in [0.1, 0.15) is 0 Å². The summed E-state index contributed by atoms with van der Waals surface area (Å²) >= 11 is 3.38. The van der Waals surface area contributed by atoms with Gasteiger partial charge in [0.15, 0.2) is 0 Å². The van der Waals surface area contributed by atoms with Crippen molar-refractivity contribution < 1.29 is 9.59 Å². The van der Waals surface area contributed by atoms with Gasteiger partial charge in [0.25, 0.3) is 0 Å². The number of hydrogen-bond donors (Lipinski definition) is 1. The lowest BCUT2D eigenvalue weighted by molar-refractivity contribution is -0.132. The molecule has 0 aliphatic heterocycles. The van der Waals surface area contributed by atoms with Gasteiger partial charge in [0.05, 0.1) is 6.54 Å². The molecule has 0 fully saturated rings. The fraction of sp³-hybridized carbons (Fsp3) is 0.500. The number of amides is 2. The zero-order valence-corrected chi connectivity index (χ0v) is 14.4.